The van der Waals surface area contributed by atoms with Crippen molar-refractivity contribution in [3.8, 4) is 17.4 Å². The number of nitrogens with one attached hydrogen (secondary N) is 1. The van der Waals surface area contributed by atoms with Gasteiger partial charge >= 0.3 is 0 Å². The summed E-state index contributed by atoms with van der Waals surface area (Å²) in [5, 5.41) is 14.5. The first-order valence-electron chi connectivity index (χ1n) is 8.47. The molecule has 0 bridgehead atoms. The number of hydrogen-bond acceptors (Lipinski definition) is 5. The second-order valence-electron chi connectivity index (χ2n) is 5.86. The van der Waals surface area contributed by atoms with Crippen LogP contribution in [0.5, 0.6) is 11.6 Å². The van der Waals surface area contributed by atoms with Crippen molar-refractivity contribution in [2.45, 2.75) is 0 Å². The van der Waals surface area contributed by atoms with Crippen molar-refractivity contribution in [1.82, 2.24) is 20.0 Å². The van der Waals surface area contributed by atoms with Crippen LogP contribution in [0.3, 0.4) is 0 Å². The van der Waals surface area contributed by atoms with Gasteiger partial charge in [0.15, 0.2) is 5.82 Å². The van der Waals surface area contributed by atoms with Gasteiger partial charge in [-0.05, 0) is 48.5 Å². The predicted molar refractivity (Wildman–Crippen MR) is 100.0 cm³/mol. The Kier molecular flexibility index (Phi) is 4.93. The van der Waals surface area contributed by atoms with Crippen LogP contribution in [0.15, 0.2) is 73.1 Å². The summed E-state index contributed by atoms with van der Waals surface area (Å²) < 4.78 is 34.5. The maximum Gasteiger partial charge on any atom is 0.261 e. The number of hydrogen-bond donors (Lipinski definition) is 1. The van der Waals surface area contributed by atoms with E-state index in [9.17, 15) is 13.6 Å². The standard InChI is InChI=1S/C20H13F2N5O2/c21-15-3-1-4-16(22)19(15)20(28)24-13-5-7-14(8-6-13)29-18-10-9-17(25-26-18)27-12-2-11-23-27/h1-12H,(H,24,28). The van der Waals surface area contributed by atoms with E-state index in [4.69, 9.17) is 4.74 Å². The number of ether oxygens (including phenoxy) is 1. The van der Waals surface area contributed by atoms with Gasteiger partial charge in [-0.15, -0.1) is 10.2 Å². The van der Waals surface area contributed by atoms with Gasteiger partial charge < -0.3 is 10.1 Å². The van der Waals surface area contributed by atoms with Crippen LogP contribution in [-0.4, -0.2) is 25.9 Å². The highest BCUT2D eigenvalue weighted by Gasteiger charge is 2.17. The van der Waals surface area contributed by atoms with Gasteiger partial charge in [0.1, 0.15) is 22.9 Å². The van der Waals surface area contributed by atoms with Crippen LogP contribution in [-0.2, 0) is 0 Å². The average molecular weight is 393 g/mol. The van der Waals surface area contributed by atoms with Crippen LogP contribution in [0.2, 0.25) is 0 Å². The van der Waals surface area contributed by atoms with Gasteiger partial charge in [0.2, 0.25) is 5.88 Å². The minimum absolute atomic E-state index is 0.270. The zero-order valence-electron chi connectivity index (χ0n) is 14.8. The molecule has 2 aromatic heterocycles. The molecule has 0 fully saturated rings. The number of rotatable bonds is 5. The lowest BCUT2D eigenvalue weighted by Gasteiger charge is -2.09. The van der Waals surface area contributed by atoms with Crippen molar-refractivity contribution in [3.05, 3.63) is 90.3 Å². The molecule has 0 aliphatic rings. The molecule has 0 unspecified atom stereocenters. The Morgan fingerprint density at radius 1 is 0.931 bits per heavy atom. The van der Waals surface area contributed by atoms with E-state index < -0.39 is 23.1 Å². The van der Waals surface area contributed by atoms with E-state index >= 15 is 0 Å². The molecule has 1 amide bonds. The molecule has 0 spiro atoms. The number of carbonyl (C=O) groups excluding carboxylic acids is 1. The third-order valence-electron chi connectivity index (χ3n) is 3.89. The molecule has 0 radical (unpaired) electrons. The van der Waals surface area contributed by atoms with Crippen LogP contribution >= 0.6 is 0 Å². The molecule has 29 heavy (non-hydrogen) atoms. The van der Waals surface area contributed by atoms with Crippen LogP contribution in [0.1, 0.15) is 10.4 Å². The number of nitrogens with zero attached hydrogens (tertiary/aromatic N) is 4. The van der Waals surface area contributed by atoms with Crippen molar-refractivity contribution in [1.29, 1.82) is 0 Å². The maximum atomic E-state index is 13.7. The average Bonchev–Trinajstić information content (AvgIpc) is 3.25. The Morgan fingerprint density at radius 2 is 1.69 bits per heavy atom. The first kappa shape index (κ1) is 18.2. The zero-order valence-corrected chi connectivity index (χ0v) is 14.8. The van der Waals surface area contributed by atoms with E-state index in [1.54, 1.807) is 47.4 Å². The van der Waals surface area contributed by atoms with Crippen molar-refractivity contribution < 1.29 is 18.3 Å². The summed E-state index contributed by atoms with van der Waals surface area (Å²) in [5.74, 6) is -1.48. The lowest BCUT2D eigenvalue weighted by molar-refractivity contribution is 0.101. The van der Waals surface area contributed by atoms with Crippen molar-refractivity contribution in [2.75, 3.05) is 5.32 Å². The minimum Gasteiger partial charge on any atom is -0.438 e. The smallest absolute Gasteiger partial charge is 0.261 e. The molecule has 0 aliphatic heterocycles. The van der Waals surface area contributed by atoms with Gasteiger partial charge in [0.05, 0.1) is 0 Å². The van der Waals surface area contributed by atoms with Gasteiger partial charge in [0, 0.05) is 24.1 Å². The maximum absolute atomic E-state index is 13.7. The fourth-order valence-corrected chi connectivity index (χ4v) is 2.53. The summed E-state index contributed by atoms with van der Waals surface area (Å²) >= 11 is 0. The molecule has 0 atom stereocenters. The summed E-state index contributed by atoms with van der Waals surface area (Å²) in [6, 6.07) is 14.6. The Balaban J connectivity index is 1.42. The highest BCUT2D eigenvalue weighted by atomic mass is 19.1. The Bertz CT molecular complexity index is 1110. The number of benzene rings is 2. The second-order valence-corrected chi connectivity index (χ2v) is 5.86. The molecule has 0 aliphatic carbocycles. The SMILES string of the molecule is O=C(Nc1ccc(Oc2ccc(-n3cccn3)nn2)cc1)c1c(F)cccc1F. The highest BCUT2D eigenvalue weighted by Crippen LogP contribution is 2.22. The lowest BCUT2D eigenvalue weighted by Crippen LogP contribution is -2.15. The van der Waals surface area contributed by atoms with Crippen molar-refractivity contribution >= 4 is 11.6 Å². The van der Waals surface area contributed by atoms with Crippen molar-refractivity contribution in [3.63, 3.8) is 0 Å². The van der Waals surface area contributed by atoms with Gasteiger partial charge in [-0.1, -0.05) is 6.07 Å². The zero-order chi connectivity index (χ0) is 20.2. The quantitative estimate of drug-likeness (QED) is 0.555. The minimum atomic E-state index is -0.931. The molecule has 1 N–H and O–H groups in total. The van der Waals surface area contributed by atoms with E-state index in [1.165, 1.54) is 18.2 Å². The first-order valence-corrected chi connectivity index (χ1v) is 8.47. The Hall–Kier alpha value is -4.14. The Labute approximate surface area is 163 Å². The summed E-state index contributed by atoms with van der Waals surface area (Å²) in [6.45, 7) is 0. The van der Waals surface area contributed by atoms with E-state index in [-0.39, 0.29) is 5.88 Å². The number of aromatic nitrogens is 4. The monoisotopic (exact) mass is 393 g/mol. The Morgan fingerprint density at radius 3 is 2.31 bits per heavy atom. The van der Waals surface area contributed by atoms with Gasteiger partial charge in [0.25, 0.3) is 5.91 Å². The van der Waals surface area contributed by atoms with E-state index in [1.807, 2.05) is 0 Å². The number of anilines is 1. The first-order chi connectivity index (χ1) is 14.1. The predicted octanol–water partition coefficient (Wildman–Crippen LogP) is 3.99. The molecule has 4 rings (SSSR count). The molecule has 2 heterocycles. The molecule has 0 saturated carbocycles. The number of carbonyl (C=O) groups is 1. The fraction of sp³-hybridized carbons (Fsp3) is 0. The lowest BCUT2D eigenvalue weighted by atomic mass is 10.2. The van der Waals surface area contributed by atoms with Crippen molar-refractivity contribution in [2.24, 2.45) is 0 Å². The molecule has 9 heteroatoms. The van der Waals surface area contributed by atoms with E-state index in [0.717, 1.165) is 12.1 Å². The molecule has 0 saturated heterocycles. The summed E-state index contributed by atoms with van der Waals surface area (Å²) in [5.41, 5.74) is -0.287. The van der Waals surface area contributed by atoms with Gasteiger partial charge in [-0.2, -0.15) is 5.10 Å². The van der Waals surface area contributed by atoms with E-state index in [2.05, 4.69) is 20.6 Å². The summed E-state index contributed by atoms with van der Waals surface area (Å²) in [7, 11) is 0. The fourth-order valence-electron chi connectivity index (χ4n) is 2.53. The molecule has 2 aromatic carbocycles. The molecular formula is C20H13F2N5O2. The third-order valence-corrected chi connectivity index (χ3v) is 3.89. The molecule has 7 nitrogen and oxygen atoms in total. The van der Waals surface area contributed by atoms with Crippen LogP contribution < -0.4 is 10.1 Å². The van der Waals surface area contributed by atoms with Crippen LogP contribution in [0, 0.1) is 11.6 Å². The molecular weight excluding hydrogens is 380 g/mol. The molecule has 4 aromatic rings. The molecule has 144 valence electrons. The summed E-state index contributed by atoms with van der Waals surface area (Å²) in [4.78, 5) is 12.1. The van der Waals surface area contributed by atoms with Crippen LogP contribution in [0.4, 0.5) is 14.5 Å². The van der Waals surface area contributed by atoms with Gasteiger partial charge in [-0.3, -0.25) is 4.79 Å². The van der Waals surface area contributed by atoms with Crippen LogP contribution in [0.25, 0.3) is 5.82 Å². The largest absolute Gasteiger partial charge is 0.438 e. The van der Waals surface area contributed by atoms with Gasteiger partial charge in [-0.25, -0.2) is 13.5 Å². The number of amides is 1. The second kappa shape index (κ2) is 7.85. The summed E-state index contributed by atoms with van der Waals surface area (Å²) in [6.07, 6.45) is 3.37. The third kappa shape index (κ3) is 4.08. The van der Waals surface area contributed by atoms with E-state index in [0.29, 0.717) is 17.3 Å². The topological polar surface area (TPSA) is 81.9 Å². The normalized spacial score (nSPS) is 10.6. The number of halogens is 2. The highest BCUT2D eigenvalue weighted by molar-refractivity contribution is 6.04.